The van der Waals surface area contributed by atoms with Crippen molar-refractivity contribution in [2.45, 2.75) is 19.6 Å². The van der Waals surface area contributed by atoms with Gasteiger partial charge in [0.1, 0.15) is 19.0 Å². The lowest BCUT2D eigenvalue weighted by Gasteiger charge is -2.22. The van der Waals surface area contributed by atoms with Gasteiger partial charge in [-0.05, 0) is 31.8 Å². The molecule has 0 fully saturated rings. The largest absolute Gasteiger partial charge is 0.544 e. The van der Waals surface area contributed by atoms with Gasteiger partial charge in [0, 0.05) is 6.07 Å². The van der Waals surface area contributed by atoms with Gasteiger partial charge in [-0.3, -0.25) is 0 Å². The van der Waals surface area contributed by atoms with Crippen molar-refractivity contribution in [3.63, 3.8) is 0 Å². The highest BCUT2D eigenvalue weighted by atomic mass is 28.4. The molecule has 0 bridgehead atoms. The molecule has 0 amide bonds. The predicted molar refractivity (Wildman–Crippen MR) is 61.4 cm³/mol. The topological polar surface area (TPSA) is 27.7 Å². The number of hydrogen-bond acceptors (Lipinski definition) is 3. The Morgan fingerprint density at radius 2 is 1.73 bits per heavy atom. The molecule has 0 spiro atoms. The standard InChI is InChI=1S/C11H16O3Si/c1-15(2,3)14-9-4-5-10-11(8-9)13-7-6-12-10/h4-5,8H,6-7H2,1-3H3. The Labute approximate surface area is 91.1 Å². The van der Waals surface area contributed by atoms with Crippen molar-refractivity contribution in [3.05, 3.63) is 18.2 Å². The minimum absolute atomic E-state index is 0.614. The number of ether oxygens (including phenoxy) is 2. The maximum Gasteiger partial charge on any atom is 0.242 e. The molecule has 0 saturated carbocycles. The van der Waals surface area contributed by atoms with Gasteiger partial charge in [-0.25, -0.2) is 0 Å². The zero-order chi connectivity index (χ0) is 10.9. The highest BCUT2D eigenvalue weighted by molar-refractivity contribution is 6.70. The summed E-state index contributed by atoms with van der Waals surface area (Å²) in [6, 6.07) is 5.75. The van der Waals surface area contributed by atoms with Crippen LogP contribution in [0.4, 0.5) is 0 Å². The van der Waals surface area contributed by atoms with Crippen LogP contribution in [0.2, 0.25) is 19.6 Å². The number of benzene rings is 1. The highest BCUT2D eigenvalue weighted by Crippen LogP contribution is 2.34. The van der Waals surface area contributed by atoms with Crippen LogP contribution < -0.4 is 13.9 Å². The molecule has 0 radical (unpaired) electrons. The summed E-state index contributed by atoms with van der Waals surface area (Å²) in [5.41, 5.74) is 0. The molecule has 82 valence electrons. The Hall–Kier alpha value is -1.16. The first kappa shape index (κ1) is 10.4. The van der Waals surface area contributed by atoms with E-state index >= 15 is 0 Å². The summed E-state index contributed by atoms with van der Waals surface area (Å²) in [4.78, 5) is 0. The molecule has 0 aromatic heterocycles. The average Bonchev–Trinajstić information content (AvgIpc) is 2.15. The SMILES string of the molecule is C[Si](C)(C)Oc1ccc2c(c1)OCCO2. The van der Waals surface area contributed by atoms with Crippen molar-refractivity contribution in [2.75, 3.05) is 13.2 Å². The fourth-order valence-electron chi connectivity index (χ4n) is 1.44. The molecule has 1 aliphatic rings. The quantitative estimate of drug-likeness (QED) is 0.723. The third-order valence-electron chi connectivity index (χ3n) is 1.94. The summed E-state index contributed by atoms with van der Waals surface area (Å²) >= 11 is 0. The normalized spacial score (nSPS) is 14.9. The van der Waals surface area contributed by atoms with Crippen molar-refractivity contribution < 1.29 is 13.9 Å². The lowest BCUT2D eigenvalue weighted by molar-refractivity contribution is 0.171. The first-order valence-corrected chi connectivity index (χ1v) is 8.54. The minimum Gasteiger partial charge on any atom is -0.544 e. The van der Waals surface area contributed by atoms with E-state index in [-0.39, 0.29) is 0 Å². The first-order chi connectivity index (χ1) is 7.04. The molecule has 0 aliphatic carbocycles. The van der Waals surface area contributed by atoms with Gasteiger partial charge in [0.05, 0.1) is 0 Å². The third-order valence-corrected chi connectivity index (χ3v) is 2.79. The lowest BCUT2D eigenvalue weighted by Crippen LogP contribution is -2.29. The molecule has 15 heavy (non-hydrogen) atoms. The molecular formula is C11H16O3Si. The van der Waals surface area contributed by atoms with Crippen LogP contribution in [-0.4, -0.2) is 21.5 Å². The van der Waals surface area contributed by atoms with Crippen LogP contribution in [0.3, 0.4) is 0 Å². The van der Waals surface area contributed by atoms with Crippen LogP contribution in [-0.2, 0) is 0 Å². The number of fused-ring (bicyclic) bond motifs is 1. The van der Waals surface area contributed by atoms with Crippen molar-refractivity contribution in [2.24, 2.45) is 0 Å². The Bertz CT molecular complexity index is 357. The Kier molecular flexibility index (Phi) is 2.60. The van der Waals surface area contributed by atoms with Gasteiger partial charge in [-0.1, -0.05) is 0 Å². The third kappa shape index (κ3) is 2.65. The average molecular weight is 224 g/mol. The second kappa shape index (κ2) is 3.77. The summed E-state index contributed by atoms with van der Waals surface area (Å²) in [6.07, 6.45) is 0. The smallest absolute Gasteiger partial charge is 0.242 e. The van der Waals surface area contributed by atoms with Crippen molar-refractivity contribution in [3.8, 4) is 17.2 Å². The monoisotopic (exact) mass is 224 g/mol. The van der Waals surface area contributed by atoms with Crippen molar-refractivity contribution in [1.29, 1.82) is 0 Å². The van der Waals surface area contributed by atoms with Crippen LogP contribution in [0, 0.1) is 0 Å². The summed E-state index contributed by atoms with van der Waals surface area (Å²) in [5.74, 6) is 2.47. The zero-order valence-electron chi connectivity index (χ0n) is 9.37. The van der Waals surface area contributed by atoms with Gasteiger partial charge in [-0.2, -0.15) is 0 Å². The molecule has 1 heterocycles. The molecule has 1 aliphatic heterocycles. The molecule has 0 N–H and O–H groups in total. The molecule has 4 heteroatoms. The summed E-state index contributed by atoms with van der Waals surface area (Å²) in [7, 11) is -1.54. The van der Waals surface area contributed by atoms with Gasteiger partial charge in [-0.15, -0.1) is 0 Å². The Balaban J connectivity index is 2.21. The summed E-state index contributed by atoms with van der Waals surface area (Å²) in [6.45, 7) is 7.71. The van der Waals surface area contributed by atoms with Crippen LogP contribution in [0.15, 0.2) is 18.2 Å². The van der Waals surface area contributed by atoms with Crippen LogP contribution >= 0.6 is 0 Å². The molecule has 0 atom stereocenters. The van der Waals surface area contributed by atoms with E-state index in [1.165, 1.54) is 0 Å². The molecule has 2 rings (SSSR count). The Morgan fingerprint density at radius 3 is 2.40 bits per heavy atom. The first-order valence-electron chi connectivity index (χ1n) is 5.13. The van der Waals surface area contributed by atoms with Gasteiger partial charge < -0.3 is 13.9 Å². The molecule has 3 nitrogen and oxygen atoms in total. The van der Waals surface area contributed by atoms with E-state index in [1.807, 2.05) is 18.2 Å². The maximum atomic E-state index is 5.87. The predicted octanol–water partition coefficient (Wildman–Crippen LogP) is 2.67. The van der Waals surface area contributed by atoms with E-state index < -0.39 is 8.32 Å². The number of rotatable bonds is 2. The molecule has 0 unspecified atom stereocenters. The van der Waals surface area contributed by atoms with Gasteiger partial charge >= 0.3 is 0 Å². The maximum absolute atomic E-state index is 5.87. The molecular weight excluding hydrogens is 208 g/mol. The second-order valence-electron chi connectivity index (χ2n) is 4.52. The van der Waals surface area contributed by atoms with Gasteiger partial charge in [0.15, 0.2) is 11.5 Å². The van der Waals surface area contributed by atoms with Gasteiger partial charge in [0.2, 0.25) is 8.32 Å². The van der Waals surface area contributed by atoms with Crippen LogP contribution in [0.1, 0.15) is 0 Å². The fraction of sp³-hybridized carbons (Fsp3) is 0.455. The fourth-order valence-corrected chi connectivity index (χ4v) is 2.27. The van der Waals surface area contributed by atoms with E-state index in [4.69, 9.17) is 13.9 Å². The second-order valence-corrected chi connectivity index (χ2v) is 8.95. The molecule has 1 aromatic carbocycles. The van der Waals surface area contributed by atoms with Gasteiger partial charge in [0.25, 0.3) is 0 Å². The zero-order valence-corrected chi connectivity index (χ0v) is 10.4. The van der Waals surface area contributed by atoms with Crippen LogP contribution in [0.25, 0.3) is 0 Å². The van der Waals surface area contributed by atoms with Crippen molar-refractivity contribution in [1.82, 2.24) is 0 Å². The van der Waals surface area contributed by atoms with Crippen LogP contribution in [0.5, 0.6) is 17.2 Å². The van der Waals surface area contributed by atoms with E-state index in [9.17, 15) is 0 Å². The lowest BCUT2D eigenvalue weighted by atomic mass is 10.3. The Morgan fingerprint density at radius 1 is 1.07 bits per heavy atom. The van der Waals surface area contributed by atoms with E-state index in [0.717, 1.165) is 17.2 Å². The van der Waals surface area contributed by atoms with E-state index in [0.29, 0.717) is 13.2 Å². The highest BCUT2D eigenvalue weighted by Gasteiger charge is 2.18. The van der Waals surface area contributed by atoms with E-state index in [2.05, 4.69) is 19.6 Å². The summed E-state index contributed by atoms with van der Waals surface area (Å²) < 4.78 is 16.8. The molecule has 0 saturated heterocycles. The van der Waals surface area contributed by atoms with E-state index in [1.54, 1.807) is 0 Å². The molecule has 1 aromatic rings. The number of hydrogen-bond donors (Lipinski definition) is 0. The summed E-state index contributed by atoms with van der Waals surface area (Å²) in [5, 5.41) is 0. The minimum atomic E-state index is -1.54. The van der Waals surface area contributed by atoms with Crippen molar-refractivity contribution >= 4 is 8.32 Å².